The van der Waals surface area contributed by atoms with E-state index < -0.39 is 21.3 Å². The van der Waals surface area contributed by atoms with Crippen LogP contribution < -0.4 is 20.8 Å². The molecule has 3 aromatic rings. The van der Waals surface area contributed by atoms with E-state index in [0.717, 1.165) is 40.5 Å². The molecule has 9 nitrogen and oxygen atoms in total. The van der Waals surface area contributed by atoms with Crippen molar-refractivity contribution in [2.24, 2.45) is 5.10 Å². The van der Waals surface area contributed by atoms with Crippen molar-refractivity contribution in [3.05, 3.63) is 80.1 Å². The second kappa shape index (κ2) is 8.84. The molecule has 0 atom stereocenters. The first-order chi connectivity index (χ1) is 16.4. The predicted molar refractivity (Wildman–Crippen MR) is 136 cm³/mol. The van der Waals surface area contributed by atoms with E-state index in [0.29, 0.717) is 23.6 Å². The number of aromatic nitrogens is 2. The maximum atomic E-state index is 12.5. The molecule has 35 heavy (non-hydrogen) atoms. The highest BCUT2D eigenvalue weighted by atomic mass is 32.2. The number of hydrogen-bond donors (Lipinski definition) is 2. The van der Waals surface area contributed by atoms with Gasteiger partial charge in [-0.25, -0.2) is 18.0 Å². The summed E-state index contributed by atoms with van der Waals surface area (Å²) in [7, 11) is -1.81. The molecular formula is C25H28N4O5S. The highest BCUT2D eigenvalue weighted by Gasteiger charge is 2.25. The molecule has 10 heteroatoms. The summed E-state index contributed by atoms with van der Waals surface area (Å²) in [5.74, 6) is 0.698. The Balaban J connectivity index is 1.90. The van der Waals surface area contributed by atoms with E-state index >= 15 is 0 Å². The summed E-state index contributed by atoms with van der Waals surface area (Å²) >= 11 is 0. The number of ether oxygens (including phenoxy) is 1. The van der Waals surface area contributed by atoms with Crippen LogP contribution in [0.1, 0.15) is 43.9 Å². The summed E-state index contributed by atoms with van der Waals surface area (Å²) in [5, 5.41) is 4.08. The highest BCUT2D eigenvalue weighted by Crippen LogP contribution is 2.42. The van der Waals surface area contributed by atoms with Crippen LogP contribution in [0.15, 0.2) is 57.3 Å². The van der Waals surface area contributed by atoms with Gasteiger partial charge in [0.2, 0.25) is 10.0 Å². The molecule has 0 fully saturated rings. The third-order valence-electron chi connectivity index (χ3n) is 5.89. The van der Waals surface area contributed by atoms with Crippen LogP contribution in [-0.4, -0.2) is 37.0 Å². The molecule has 0 saturated carbocycles. The number of fused-ring (bicyclic) bond motifs is 1. The Morgan fingerprint density at radius 2 is 1.80 bits per heavy atom. The summed E-state index contributed by atoms with van der Waals surface area (Å²) in [4.78, 5) is 28.6. The number of aryl methyl sites for hydroxylation is 1. The first-order valence-corrected chi connectivity index (χ1v) is 13.0. The number of hydrazone groups is 1. The Bertz CT molecular complexity index is 1560. The van der Waals surface area contributed by atoms with Crippen molar-refractivity contribution >= 4 is 15.7 Å². The lowest BCUT2D eigenvalue weighted by Crippen LogP contribution is -2.27. The topological polar surface area (TPSA) is 123 Å². The van der Waals surface area contributed by atoms with E-state index in [1.54, 1.807) is 7.11 Å². The number of H-pyrrole nitrogens is 1. The zero-order chi connectivity index (χ0) is 25.5. The standard InChI is InChI=1S/C25H28N4O5S/c1-25(2,3)20-14-17(29-11-10-22(30)26-24(29)31)13-19(23(20)34-4)16-6-8-18-15(12-16)7-9-21(18)27-28-35(5,32)33/h6,8,10-14,28H,7,9H2,1-5H3,(H,26,30,31)/b27-21+. The van der Waals surface area contributed by atoms with Crippen LogP contribution in [0.5, 0.6) is 5.75 Å². The smallest absolute Gasteiger partial charge is 0.332 e. The van der Waals surface area contributed by atoms with Gasteiger partial charge in [-0.3, -0.25) is 14.3 Å². The van der Waals surface area contributed by atoms with Gasteiger partial charge in [0.1, 0.15) is 5.75 Å². The maximum absolute atomic E-state index is 12.5. The molecule has 1 heterocycles. The van der Waals surface area contributed by atoms with Crippen molar-refractivity contribution in [3.63, 3.8) is 0 Å². The number of nitrogens with zero attached hydrogens (tertiary/aromatic N) is 2. The van der Waals surface area contributed by atoms with Crippen LogP contribution in [0.2, 0.25) is 0 Å². The average molecular weight is 497 g/mol. The summed E-state index contributed by atoms with van der Waals surface area (Å²) in [6.45, 7) is 6.19. The quantitative estimate of drug-likeness (QED) is 0.526. The third kappa shape index (κ3) is 5.07. The SMILES string of the molecule is COc1c(-c2ccc3c(c2)CC/C3=N\NS(C)(=O)=O)cc(-n2ccc(=O)[nH]c2=O)cc1C(C)(C)C. The number of methoxy groups -OCH3 is 1. The number of sulfonamides is 1. The van der Waals surface area contributed by atoms with Crippen LogP contribution >= 0.6 is 0 Å². The molecule has 1 aliphatic carbocycles. The van der Waals surface area contributed by atoms with Crippen molar-refractivity contribution in [1.29, 1.82) is 0 Å². The number of hydrogen-bond acceptors (Lipinski definition) is 6. The Morgan fingerprint density at radius 1 is 1.06 bits per heavy atom. The Hall–Kier alpha value is -3.66. The first-order valence-electron chi connectivity index (χ1n) is 11.1. The maximum Gasteiger partial charge on any atom is 0.332 e. The fourth-order valence-electron chi connectivity index (χ4n) is 4.26. The lowest BCUT2D eigenvalue weighted by molar-refractivity contribution is 0.399. The van der Waals surface area contributed by atoms with Gasteiger partial charge in [-0.15, -0.1) is 0 Å². The molecule has 0 spiro atoms. The minimum atomic E-state index is -3.43. The average Bonchev–Trinajstić information content (AvgIpc) is 3.18. The Labute approximate surface area is 203 Å². The number of nitrogens with one attached hydrogen (secondary N) is 2. The monoisotopic (exact) mass is 496 g/mol. The fourth-order valence-corrected chi connectivity index (χ4v) is 4.53. The van der Waals surface area contributed by atoms with Gasteiger partial charge in [0.05, 0.1) is 24.8 Å². The zero-order valence-corrected chi connectivity index (χ0v) is 21.1. The van der Waals surface area contributed by atoms with E-state index in [9.17, 15) is 18.0 Å². The van der Waals surface area contributed by atoms with Crippen LogP contribution in [0.25, 0.3) is 16.8 Å². The van der Waals surface area contributed by atoms with Crippen molar-refractivity contribution in [2.75, 3.05) is 13.4 Å². The minimum Gasteiger partial charge on any atom is -0.496 e. The van der Waals surface area contributed by atoms with Crippen LogP contribution in [0.4, 0.5) is 0 Å². The molecule has 184 valence electrons. The molecule has 4 rings (SSSR count). The second-order valence-corrected chi connectivity index (χ2v) is 11.3. The fraction of sp³-hybridized carbons (Fsp3) is 0.320. The summed E-state index contributed by atoms with van der Waals surface area (Å²) < 4.78 is 30.1. The van der Waals surface area contributed by atoms with Gasteiger partial charge in [-0.1, -0.05) is 39.0 Å². The van der Waals surface area contributed by atoms with E-state index in [4.69, 9.17) is 4.74 Å². The molecule has 0 saturated heterocycles. The van der Waals surface area contributed by atoms with E-state index in [2.05, 4.69) is 35.7 Å². The lowest BCUT2D eigenvalue weighted by atomic mass is 9.83. The lowest BCUT2D eigenvalue weighted by Gasteiger charge is -2.26. The van der Waals surface area contributed by atoms with E-state index in [1.807, 2.05) is 30.3 Å². The van der Waals surface area contributed by atoms with E-state index in [1.165, 1.54) is 16.8 Å². The number of benzene rings is 2. The molecule has 0 aliphatic heterocycles. The molecule has 2 aromatic carbocycles. The Kier molecular flexibility index (Phi) is 6.18. The van der Waals surface area contributed by atoms with Crippen molar-refractivity contribution in [1.82, 2.24) is 14.4 Å². The van der Waals surface area contributed by atoms with Gasteiger partial charge >= 0.3 is 5.69 Å². The zero-order valence-electron chi connectivity index (χ0n) is 20.3. The summed E-state index contributed by atoms with van der Waals surface area (Å²) in [6, 6.07) is 11.0. The molecule has 0 amide bonds. The molecular weight excluding hydrogens is 468 g/mol. The summed E-state index contributed by atoms with van der Waals surface area (Å²) in [5.41, 5.74) is 4.55. The van der Waals surface area contributed by atoms with Crippen LogP contribution in [0.3, 0.4) is 0 Å². The van der Waals surface area contributed by atoms with Crippen molar-refractivity contribution in [3.8, 4) is 22.6 Å². The van der Waals surface area contributed by atoms with Crippen LogP contribution in [0, 0.1) is 0 Å². The highest BCUT2D eigenvalue weighted by molar-refractivity contribution is 7.88. The summed E-state index contributed by atoms with van der Waals surface area (Å²) in [6.07, 6.45) is 3.87. The molecule has 2 N–H and O–H groups in total. The van der Waals surface area contributed by atoms with Crippen LogP contribution in [-0.2, 0) is 21.9 Å². The molecule has 0 radical (unpaired) electrons. The van der Waals surface area contributed by atoms with E-state index in [-0.39, 0.29) is 5.41 Å². The minimum absolute atomic E-state index is 0.296. The number of rotatable bonds is 5. The van der Waals surface area contributed by atoms with Crippen molar-refractivity contribution < 1.29 is 13.2 Å². The van der Waals surface area contributed by atoms with Crippen molar-refractivity contribution in [2.45, 2.75) is 39.0 Å². The third-order valence-corrected chi connectivity index (χ3v) is 6.32. The van der Waals surface area contributed by atoms with Gasteiger partial charge in [0.25, 0.3) is 5.56 Å². The number of aromatic amines is 1. The van der Waals surface area contributed by atoms with Gasteiger partial charge in [0, 0.05) is 29.0 Å². The second-order valence-electron chi connectivity index (χ2n) is 9.60. The van der Waals surface area contributed by atoms with Gasteiger partial charge in [-0.2, -0.15) is 5.10 Å². The largest absolute Gasteiger partial charge is 0.496 e. The van der Waals surface area contributed by atoms with Gasteiger partial charge in [0.15, 0.2) is 0 Å². The Morgan fingerprint density at radius 3 is 2.43 bits per heavy atom. The normalized spacial score (nSPS) is 14.7. The molecule has 0 unspecified atom stereocenters. The molecule has 1 aliphatic rings. The molecule has 1 aromatic heterocycles. The van der Waals surface area contributed by atoms with Gasteiger partial charge in [-0.05, 0) is 41.5 Å². The molecule has 0 bridgehead atoms. The van der Waals surface area contributed by atoms with Gasteiger partial charge < -0.3 is 4.74 Å². The first kappa shape index (κ1) is 24.5. The predicted octanol–water partition coefficient (Wildman–Crippen LogP) is 2.70.